The number of hydrogen-bond donors (Lipinski definition) is 2. The number of aromatic nitrogens is 4. The monoisotopic (exact) mass is 471 g/mol. The number of tetrazole rings is 1. The number of rotatable bonds is 6. The van der Waals surface area contributed by atoms with Gasteiger partial charge in [0.1, 0.15) is 5.75 Å². The number of carbonyl (C=O) groups is 1. The second-order valence-electron chi connectivity index (χ2n) is 8.78. The maximum Gasteiger partial charge on any atom is 0.235 e. The Morgan fingerprint density at radius 1 is 1.06 bits per heavy atom. The SMILES string of the molecule is COc1ccc(-c2nn[nH]n2)cc1-c1cc(NC(=O)C2(c3ccc4c(c3)OCO4)CC2)ccc1C.[HH]. The van der Waals surface area contributed by atoms with Gasteiger partial charge in [0.2, 0.25) is 18.5 Å². The topological polar surface area (TPSA) is 111 Å². The van der Waals surface area contributed by atoms with Crippen molar-refractivity contribution < 1.29 is 20.4 Å². The van der Waals surface area contributed by atoms with Crippen molar-refractivity contribution in [2.45, 2.75) is 25.2 Å². The Morgan fingerprint density at radius 3 is 2.69 bits per heavy atom. The Labute approximate surface area is 202 Å². The molecular weight excluding hydrogens is 446 g/mol. The van der Waals surface area contributed by atoms with Crippen LogP contribution in [0.1, 0.15) is 25.4 Å². The Kier molecular flexibility index (Phi) is 4.91. The molecule has 1 saturated carbocycles. The highest BCUT2D eigenvalue weighted by molar-refractivity contribution is 6.02. The lowest BCUT2D eigenvalue weighted by Crippen LogP contribution is -2.27. The van der Waals surface area contributed by atoms with Gasteiger partial charge in [-0.05, 0) is 84.1 Å². The van der Waals surface area contributed by atoms with E-state index in [0.29, 0.717) is 23.1 Å². The molecule has 0 unspecified atom stereocenters. The van der Waals surface area contributed by atoms with Gasteiger partial charge in [-0.25, -0.2) is 0 Å². The van der Waals surface area contributed by atoms with Crippen molar-refractivity contribution >= 4 is 11.6 Å². The van der Waals surface area contributed by atoms with Crippen molar-refractivity contribution in [3.05, 3.63) is 65.7 Å². The first kappa shape index (κ1) is 21.2. The summed E-state index contributed by atoms with van der Waals surface area (Å²) in [5.74, 6) is 2.58. The van der Waals surface area contributed by atoms with Crippen molar-refractivity contribution in [1.29, 1.82) is 0 Å². The fourth-order valence-corrected chi connectivity index (χ4v) is 4.55. The molecule has 0 spiro atoms. The van der Waals surface area contributed by atoms with E-state index in [0.717, 1.165) is 46.3 Å². The van der Waals surface area contributed by atoms with Crippen LogP contribution in [0.4, 0.5) is 5.69 Å². The number of aryl methyl sites for hydroxylation is 1. The zero-order valence-corrected chi connectivity index (χ0v) is 19.3. The molecule has 2 heterocycles. The summed E-state index contributed by atoms with van der Waals surface area (Å²) in [5, 5.41) is 17.4. The smallest absolute Gasteiger partial charge is 0.235 e. The standard InChI is InChI=1S/C26H23N5O4.H2/c1-15-3-6-18(13-19(15)20-11-16(4-7-21(20)33-2)24-28-30-31-29-24)27-25(32)26(9-10-26)17-5-8-22-23(12-17)35-14-34-22;/h3-8,11-13H,9-10,14H2,1-2H3,(H,27,32)(H,28,29,30,31);1H. The molecule has 3 aromatic carbocycles. The van der Waals surface area contributed by atoms with E-state index in [1.165, 1.54) is 0 Å². The summed E-state index contributed by atoms with van der Waals surface area (Å²) < 4.78 is 16.6. The number of anilines is 1. The maximum absolute atomic E-state index is 13.4. The predicted molar refractivity (Wildman–Crippen MR) is 131 cm³/mol. The summed E-state index contributed by atoms with van der Waals surface area (Å²) in [4.78, 5) is 13.4. The first-order chi connectivity index (χ1) is 17.1. The highest BCUT2D eigenvalue weighted by atomic mass is 16.7. The van der Waals surface area contributed by atoms with Crippen molar-refractivity contribution in [2.75, 3.05) is 19.2 Å². The molecule has 0 atom stereocenters. The van der Waals surface area contributed by atoms with Gasteiger partial charge >= 0.3 is 0 Å². The minimum Gasteiger partial charge on any atom is -0.496 e. The van der Waals surface area contributed by atoms with E-state index in [2.05, 4.69) is 25.9 Å². The van der Waals surface area contributed by atoms with Gasteiger partial charge in [-0.2, -0.15) is 5.21 Å². The number of ether oxygens (including phenoxy) is 3. The Balaban J connectivity index is 0.00000267. The van der Waals surface area contributed by atoms with Crippen LogP contribution in [-0.4, -0.2) is 40.4 Å². The maximum atomic E-state index is 13.4. The molecule has 1 amide bonds. The molecule has 0 bridgehead atoms. The molecule has 1 aliphatic carbocycles. The predicted octanol–water partition coefficient (Wildman–Crippen LogP) is 4.50. The van der Waals surface area contributed by atoms with E-state index >= 15 is 0 Å². The summed E-state index contributed by atoms with van der Waals surface area (Å²) in [6, 6.07) is 17.4. The van der Waals surface area contributed by atoms with Crippen LogP contribution in [0.25, 0.3) is 22.5 Å². The van der Waals surface area contributed by atoms with Crippen LogP contribution in [0.5, 0.6) is 17.2 Å². The van der Waals surface area contributed by atoms with Crippen LogP contribution in [0.15, 0.2) is 54.6 Å². The van der Waals surface area contributed by atoms with Crippen LogP contribution < -0.4 is 19.5 Å². The highest BCUT2D eigenvalue weighted by Gasteiger charge is 2.51. The number of amides is 1. The molecule has 2 N–H and O–H groups in total. The summed E-state index contributed by atoms with van der Waals surface area (Å²) in [5.41, 5.74) is 4.78. The lowest BCUT2D eigenvalue weighted by molar-refractivity contribution is -0.118. The molecule has 9 nitrogen and oxygen atoms in total. The molecule has 35 heavy (non-hydrogen) atoms. The van der Waals surface area contributed by atoms with Crippen molar-refractivity contribution in [3.63, 3.8) is 0 Å². The van der Waals surface area contributed by atoms with Crippen molar-refractivity contribution in [3.8, 4) is 39.8 Å². The number of aromatic amines is 1. The van der Waals surface area contributed by atoms with E-state index in [1.807, 2.05) is 61.5 Å². The Morgan fingerprint density at radius 2 is 1.91 bits per heavy atom. The molecule has 9 heteroatoms. The van der Waals surface area contributed by atoms with Gasteiger partial charge in [0.25, 0.3) is 0 Å². The molecule has 0 saturated heterocycles. The molecule has 4 aromatic rings. The number of H-pyrrole nitrogens is 1. The lowest BCUT2D eigenvalue weighted by atomic mass is 9.93. The molecular formula is C26H25N5O4. The second-order valence-corrected chi connectivity index (χ2v) is 8.78. The number of carbonyl (C=O) groups excluding carboxylic acids is 1. The molecule has 2 aliphatic rings. The largest absolute Gasteiger partial charge is 0.496 e. The van der Waals surface area contributed by atoms with Crippen LogP contribution >= 0.6 is 0 Å². The molecule has 1 aliphatic heterocycles. The van der Waals surface area contributed by atoms with E-state index < -0.39 is 5.41 Å². The summed E-state index contributed by atoms with van der Waals surface area (Å²) in [6.45, 7) is 2.23. The lowest BCUT2D eigenvalue weighted by Gasteiger charge is -2.18. The van der Waals surface area contributed by atoms with Crippen LogP contribution in [0.2, 0.25) is 0 Å². The third-order valence-electron chi connectivity index (χ3n) is 6.70. The zero-order chi connectivity index (χ0) is 24.0. The third-order valence-corrected chi connectivity index (χ3v) is 6.70. The number of nitrogens with one attached hydrogen (secondary N) is 2. The van der Waals surface area contributed by atoms with Gasteiger partial charge < -0.3 is 19.5 Å². The van der Waals surface area contributed by atoms with Gasteiger partial charge in [-0.3, -0.25) is 4.79 Å². The molecule has 0 radical (unpaired) electrons. The molecule has 178 valence electrons. The molecule has 6 rings (SSSR count). The van der Waals surface area contributed by atoms with Crippen LogP contribution in [0.3, 0.4) is 0 Å². The quantitative estimate of drug-likeness (QED) is 0.426. The third kappa shape index (κ3) is 3.65. The summed E-state index contributed by atoms with van der Waals surface area (Å²) >= 11 is 0. The van der Waals surface area contributed by atoms with Gasteiger partial charge in [-0.1, -0.05) is 12.1 Å². The van der Waals surface area contributed by atoms with Crippen LogP contribution in [0, 0.1) is 6.92 Å². The van der Waals surface area contributed by atoms with Gasteiger partial charge in [0.15, 0.2) is 11.5 Å². The first-order valence-electron chi connectivity index (χ1n) is 11.3. The minimum absolute atomic E-state index is 0. The molecule has 1 aromatic heterocycles. The number of hydrogen-bond acceptors (Lipinski definition) is 7. The summed E-state index contributed by atoms with van der Waals surface area (Å²) in [7, 11) is 1.63. The summed E-state index contributed by atoms with van der Waals surface area (Å²) in [6.07, 6.45) is 1.58. The van der Waals surface area contributed by atoms with E-state index in [9.17, 15) is 4.79 Å². The average Bonchev–Trinajstić information content (AvgIpc) is 3.27. The fraction of sp³-hybridized carbons (Fsp3) is 0.231. The van der Waals surface area contributed by atoms with Gasteiger partial charge in [0, 0.05) is 18.2 Å². The number of nitrogens with zero attached hydrogens (tertiary/aromatic N) is 3. The highest BCUT2D eigenvalue weighted by Crippen LogP contribution is 2.51. The normalized spacial score (nSPS) is 15.0. The van der Waals surface area contributed by atoms with Gasteiger partial charge in [-0.15, -0.1) is 10.2 Å². The van der Waals surface area contributed by atoms with E-state index in [-0.39, 0.29) is 14.1 Å². The zero-order valence-electron chi connectivity index (χ0n) is 19.3. The van der Waals surface area contributed by atoms with E-state index in [1.54, 1.807) is 7.11 Å². The van der Waals surface area contributed by atoms with Gasteiger partial charge in [0.05, 0.1) is 12.5 Å². The van der Waals surface area contributed by atoms with Crippen molar-refractivity contribution in [2.24, 2.45) is 0 Å². The molecule has 1 fully saturated rings. The fourth-order valence-electron chi connectivity index (χ4n) is 4.55. The number of methoxy groups -OCH3 is 1. The Hall–Kier alpha value is -4.40. The number of benzene rings is 3. The average molecular weight is 472 g/mol. The van der Waals surface area contributed by atoms with E-state index in [4.69, 9.17) is 14.2 Å². The van der Waals surface area contributed by atoms with Crippen LogP contribution in [-0.2, 0) is 10.2 Å². The Bertz CT molecular complexity index is 1440. The number of fused-ring (bicyclic) bond motifs is 1. The first-order valence-corrected chi connectivity index (χ1v) is 11.3. The van der Waals surface area contributed by atoms with Crippen molar-refractivity contribution in [1.82, 2.24) is 20.6 Å². The minimum atomic E-state index is -0.553. The second kappa shape index (κ2) is 8.12.